The summed E-state index contributed by atoms with van der Waals surface area (Å²) in [5.74, 6) is 0.568. The van der Waals surface area contributed by atoms with Gasteiger partial charge in [-0.25, -0.2) is 9.78 Å². The lowest BCUT2D eigenvalue weighted by Crippen LogP contribution is -2.09. The van der Waals surface area contributed by atoms with Crippen LogP contribution in [0.1, 0.15) is 23.1 Å². The fraction of sp³-hybridized carbons (Fsp3) is 0.176. The predicted molar refractivity (Wildman–Crippen MR) is 81.9 cm³/mol. The van der Waals surface area contributed by atoms with Crippen molar-refractivity contribution in [2.45, 2.75) is 13.5 Å². The van der Waals surface area contributed by atoms with Gasteiger partial charge in [0.15, 0.2) is 0 Å². The molecule has 0 radical (unpaired) electrons. The molecule has 0 amide bonds. The minimum atomic E-state index is -0.430. The maximum atomic E-state index is 11.8. The molecule has 22 heavy (non-hydrogen) atoms. The summed E-state index contributed by atoms with van der Waals surface area (Å²) in [5.41, 5.74) is 1.89. The molecule has 0 aliphatic heterocycles. The molecule has 0 aliphatic rings. The molecule has 0 unspecified atom stereocenters. The number of aromatic nitrogens is 2. The fourth-order valence-electron chi connectivity index (χ4n) is 2.16. The lowest BCUT2D eigenvalue weighted by atomic mass is 10.2. The highest BCUT2D eigenvalue weighted by Crippen LogP contribution is 2.17. The second-order valence-corrected chi connectivity index (χ2v) is 4.73. The van der Waals surface area contributed by atoms with E-state index in [1.54, 1.807) is 29.8 Å². The fourth-order valence-corrected chi connectivity index (χ4v) is 2.16. The highest BCUT2D eigenvalue weighted by molar-refractivity contribution is 5.86. The van der Waals surface area contributed by atoms with E-state index < -0.39 is 5.97 Å². The zero-order valence-electron chi connectivity index (χ0n) is 12.2. The molecule has 0 saturated heterocycles. The van der Waals surface area contributed by atoms with Crippen molar-refractivity contribution in [2.75, 3.05) is 6.61 Å². The lowest BCUT2D eigenvalue weighted by molar-refractivity contribution is 0.0511. The number of carbonyl (C=O) groups excluding carboxylic acids is 1. The van der Waals surface area contributed by atoms with Gasteiger partial charge in [0.1, 0.15) is 12.4 Å². The first-order valence-electron chi connectivity index (χ1n) is 7.09. The Hall–Kier alpha value is -2.82. The van der Waals surface area contributed by atoms with Crippen molar-refractivity contribution in [3.8, 4) is 5.75 Å². The topological polar surface area (TPSA) is 52.8 Å². The van der Waals surface area contributed by atoms with Crippen molar-refractivity contribution >= 4 is 11.5 Å². The summed E-state index contributed by atoms with van der Waals surface area (Å²) in [7, 11) is 0. The van der Waals surface area contributed by atoms with Gasteiger partial charge in [-0.05, 0) is 18.6 Å². The van der Waals surface area contributed by atoms with Gasteiger partial charge in [-0.1, -0.05) is 30.3 Å². The summed E-state index contributed by atoms with van der Waals surface area (Å²) in [6.45, 7) is 2.59. The number of pyridine rings is 1. The van der Waals surface area contributed by atoms with Crippen LogP contribution in [0.4, 0.5) is 0 Å². The first-order chi connectivity index (χ1) is 10.8. The largest absolute Gasteiger partial charge is 0.489 e. The maximum absolute atomic E-state index is 11.8. The van der Waals surface area contributed by atoms with E-state index in [1.807, 2.05) is 36.4 Å². The minimum Gasteiger partial charge on any atom is -0.489 e. The van der Waals surface area contributed by atoms with Crippen molar-refractivity contribution < 1.29 is 14.3 Å². The summed E-state index contributed by atoms with van der Waals surface area (Å²) in [6.07, 6.45) is 3.39. The molecule has 2 aromatic heterocycles. The third-order valence-corrected chi connectivity index (χ3v) is 3.21. The van der Waals surface area contributed by atoms with Crippen LogP contribution in [0.3, 0.4) is 0 Å². The monoisotopic (exact) mass is 296 g/mol. The average Bonchev–Trinajstić information content (AvgIpc) is 2.97. The van der Waals surface area contributed by atoms with Gasteiger partial charge in [-0.2, -0.15) is 0 Å². The second kappa shape index (κ2) is 6.30. The van der Waals surface area contributed by atoms with Crippen molar-refractivity contribution in [3.05, 3.63) is 66.2 Å². The molecule has 0 bridgehead atoms. The number of fused-ring (bicyclic) bond motifs is 1. The number of carbonyl (C=O) groups is 1. The summed E-state index contributed by atoms with van der Waals surface area (Å²) in [5, 5.41) is 0. The normalized spacial score (nSPS) is 10.6. The standard InChI is InChI=1S/C17H16N2O3/c1-2-21-17(20)16-18-11-14-10-15(8-9-19(14)16)22-12-13-6-4-3-5-7-13/h3-11H,2,12H2,1H3. The molecule has 0 spiro atoms. The van der Waals surface area contributed by atoms with E-state index in [2.05, 4.69) is 4.98 Å². The summed E-state index contributed by atoms with van der Waals surface area (Å²) < 4.78 is 12.4. The number of hydrogen-bond donors (Lipinski definition) is 0. The van der Waals surface area contributed by atoms with Crippen molar-refractivity contribution in [1.29, 1.82) is 0 Å². The Kier molecular flexibility index (Phi) is 4.05. The molecule has 0 N–H and O–H groups in total. The quantitative estimate of drug-likeness (QED) is 0.679. The summed E-state index contributed by atoms with van der Waals surface area (Å²) >= 11 is 0. The van der Waals surface area contributed by atoms with Crippen LogP contribution in [0.2, 0.25) is 0 Å². The first kappa shape index (κ1) is 14.1. The number of ether oxygens (including phenoxy) is 2. The SMILES string of the molecule is CCOC(=O)c1ncc2cc(OCc3ccccc3)ccn12. The van der Waals surface area contributed by atoms with Crippen LogP contribution in [0, 0.1) is 0 Å². The Morgan fingerprint density at radius 2 is 2.05 bits per heavy atom. The van der Waals surface area contributed by atoms with E-state index in [1.165, 1.54) is 0 Å². The van der Waals surface area contributed by atoms with Gasteiger partial charge < -0.3 is 9.47 Å². The highest BCUT2D eigenvalue weighted by Gasteiger charge is 2.14. The van der Waals surface area contributed by atoms with Gasteiger partial charge in [-0.3, -0.25) is 4.40 Å². The Morgan fingerprint density at radius 3 is 2.82 bits per heavy atom. The van der Waals surface area contributed by atoms with Crippen LogP contribution in [0.25, 0.3) is 5.52 Å². The Labute approximate surface area is 128 Å². The first-order valence-corrected chi connectivity index (χ1v) is 7.09. The molecular weight excluding hydrogens is 280 g/mol. The minimum absolute atomic E-state index is 0.270. The van der Waals surface area contributed by atoms with Crippen molar-refractivity contribution in [2.24, 2.45) is 0 Å². The van der Waals surface area contributed by atoms with Crippen LogP contribution in [-0.4, -0.2) is 22.0 Å². The van der Waals surface area contributed by atoms with Crippen molar-refractivity contribution in [1.82, 2.24) is 9.38 Å². The summed E-state index contributed by atoms with van der Waals surface area (Å²) in [4.78, 5) is 15.9. The number of imidazole rings is 1. The molecule has 3 rings (SSSR count). The van der Waals surface area contributed by atoms with Crippen LogP contribution < -0.4 is 4.74 Å². The Balaban J connectivity index is 1.78. The molecule has 1 aromatic carbocycles. The molecule has 3 aromatic rings. The highest BCUT2D eigenvalue weighted by atomic mass is 16.5. The predicted octanol–water partition coefficient (Wildman–Crippen LogP) is 3.09. The molecule has 0 fully saturated rings. The number of benzene rings is 1. The van der Waals surface area contributed by atoms with Crippen LogP contribution >= 0.6 is 0 Å². The number of rotatable bonds is 5. The van der Waals surface area contributed by atoms with Gasteiger partial charge >= 0.3 is 5.97 Å². The summed E-state index contributed by atoms with van der Waals surface area (Å²) in [6, 6.07) is 13.6. The Bertz CT molecular complexity index is 781. The van der Waals surface area contributed by atoms with Crippen LogP contribution in [0.15, 0.2) is 54.9 Å². The van der Waals surface area contributed by atoms with E-state index >= 15 is 0 Å². The van der Waals surface area contributed by atoms with Crippen LogP contribution in [0.5, 0.6) is 5.75 Å². The number of hydrogen-bond acceptors (Lipinski definition) is 4. The van der Waals surface area contributed by atoms with Crippen molar-refractivity contribution in [3.63, 3.8) is 0 Å². The Morgan fingerprint density at radius 1 is 1.23 bits per heavy atom. The third kappa shape index (κ3) is 2.93. The molecule has 2 heterocycles. The molecule has 5 heteroatoms. The zero-order valence-corrected chi connectivity index (χ0v) is 12.2. The smallest absolute Gasteiger partial charge is 0.374 e. The third-order valence-electron chi connectivity index (χ3n) is 3.21. The van der Waals surface area contributed by atoms with E-state index in [-0.39, 0.29) is 5.82 Å². The maximum Gasteiger partial charge on any atom is 0.374 e. The van der Waals surface area contributed by atoms with Crippen LogP contribution in [-0.2, 0) is 11.3 Å². The molecular formula is C17H16N2O3. The number of esters is 1. The van der Waals surface area contributed by atoms with E-state index in [0.717, 1.165) is 16.8 Å². The van der Waals surface area contributed by atoms with Gasteiger partial charge in [0.05, 0.1) is 18.3 Å². The van der Waals surface area contributed by atoms with Gasteiger partial charge in [0, 0.05) is 12.3 Å². The number of nitrogens with zero attached hydrogens (tertiary/aromatic N) is 2. The average molecular weight is 296 g/mol. The molecule has 5 nitrogen and oxygen atoms in total. The van der Waals surface area contributed by atoms with E-state index in [0.29, 0.717) is 13.2 Å². The van der Waals surface area contributed by atoms with Gasteiger partial charge in [0.2, 0.25) is 5.82 Å². The molecule has 0 aliphatic carbocycles. The molecule has 0 saturated carbocycles. The van der Waals surface area contributed by atoms with Gasteiger partial charge in [0.25, 0.3) is 0 Å². The van der Waals surface area contributed by atoms with E-state index in [4.69, 9.17) is 9.47 Å². The van der Waals surface area contributed by atoms with E-state index in [9.17, 15) is 4.79 Å². The lowest BCUT2D eigenvalue weighted by Gasteiger charge is -2.07. The second-order valence-electron chi connectivity index (χ2n) is 4.73. The zero-order chi connectivity index (χ0) is 15.4. The molecule has 0 atom stereocenters. The van der Waals surface area contributed by atoms with Gasteiger partial charge in [-0.15, -0.1) is 0 Å². The molecule has 112 valence electrons.